The van der Waals surface area contributed by atoms with Crippen molar-refractivity contribution in [1.82, 2.24) is 58.7 Å². The molecule has 0 saturated carbocycles. The van der Waals surface area contributed by atoms with Crippen LogP contribution < -0.4 is 16.0 Å². The first-order chi connectivity index (χ1) is 46.1. The first-order valence-corrected chi connectivity index (χ1v) is 33.1. The van der Waals surface area contributed by atoms with Gasteiger partial charge in [-0.1, -0.05) is 20.8 Å². The molecule has 0 fully saturated rings. The second-order valence-corrected chi connectivity index (χ2v) is 26.7. The molecule has 6 aromatic rings. The van der Waals surface area contributed by atoms with E-state index < -0.39 is 30.2 Å². The number of benzene rings is 3. The number of carbonyl (C=O) groups excluding carboxylic acids is 6. The second kappa shape index (κ2) is 29.2. The van der Waals surface area contributed by atoms with Crippen molar-refractivity contribution in [2.45, 2.75) is 170 Å². The molecule has 25 nitrogen and oxygen atoms in total. The maximum Gasteiger partial charge on any atom is 0.322 e. The molecule has 0 spiro atoms. The minimum Gasteiger partial charge on any atom is -0.393 e. The highest BCUT2D eigenvalue weighted by atomic mass is 19.1. The van der Waals surface area contributed by atoms with Gasteiger partial charge >= 0.3 is 18.1 Å². The van der Waals surface area contributed by atoms with E-state index in [9.17, 15) is 57.3 Å². The first kappa shape index (κ1) is 70.5. The Bertz CT molecular complexity index is 3890. The molecule has 28 heteroatoms. The van der Waals surface area contributed by atoms with Gasteiger partial charge in [0, 0.05) is 149 Å². The number of nitrogens with zero attached hydrogens (tertiary/aromatic N) is 13. The highest BCUT2D eigenvalue weighted by Crippen LogP contribution is 2.35. The Labute approximate surface area is 562 Å². The number of hydrogen-bond acceptors (Lipinski definition) is 12. The Morgan fingerprint density at radius 1 is 0.505 bits per heavy atom. The summed E-state index contributed by atoms with van der Waals surface area (Å²) in [5.74, 6) is -2.09. The number of anilines is 3. The zero-order valence-corrected chi connectivity index (χ0v) is 56.7. The number of aryl methyl sites for hydroxylation is 2. The third-order valence-electron chi connectivity index (χ3n) is 19.7. The molecule has 9 amide bonds. The summed E-state index contributed by atoms with van der Waals surface area (Å²) in [5, 5.41) is 53.7. The van der Waals surface area contributed by atoms with Crippen molar-refractivity contribution in [3.05, 3.63) is 145 Å². The highest BCUT2D eigenvalue weighted by molar-refractivity contribution is 5.97. The summed E-state index contributed by atoms with van der Waals surface area (Å²) in [7, 11) is 5.19. The second-order valence-electron chi connectivity index (χ2n) is 26.7. The molecular weight excluding hydrogens is 1250 g/mol. The van der Waals surface area contributed by atoms with Crippen molar-refractivity contribution in [2.75, 3.05) is 56.7 Å². The molecule has 6 N–H and O–H groups in total. The smallest absolute Gasteiger partial charge is 0.322 e. The minimum absolute atomic E-state index is 0.102. The molecule has 0 unspecified atom stereocenters. The van der Waals surface area contributed by atoms with Crippen molar-refractivity contribution in [1.29, 1.82) is 0 Å². The van der Waals surface area contributed by atoms with Gasteiger partial charge < -0.3 is 60.7 Å². The van der Waals surface area contributed by atoms with Crippen LogP contribution in [0.15, 0.2) is 54.6 Å². The summed E-state index contributed by atoms with van der Waals surface area (Å²) in [6, 6.07) is 11.3. The van der Waals surface area contributed by atoms with Gasteiger partial charge in [-0.05, 0) is 120 Å². The molecule has 12 rings (SSSR count). The quantitative estimate of drug-likeness (QED) is 0.0743. The molecule has 97 heavy (non-hydrogen) atoms. The zero-order chi connectivity index (χ0) is 70.2. The van der Waals surface area contributed by atoms with Crippen LogP contribution in [0.1, 0.15) is 137 Å². The van der Waals surface area contributed by atoms with E-state index in [1.54, 1.807) is 90.6 Å². The third kappa shape index (κ3) is 14.7. The average Bonchev–Trinajstić information content (AvgIpc) is 1.63. The number of carbonyl (C=O) groups is 6. The van der Waals surface area contributed by atoms with Gasteiger partial charge in [0.15, 0.2) is 0 Å². The molecule has 0 radical (unpaired) electrons. The highest BCUT2D eigenvalue weighted by Gasteiger charge is 2.42. The third-order valence-corrected chi connectivity index (χ3v) is 19.7. The van der Waals surface area contributed by atoms with Crippen molar-refractivity contribution < 1.29 is 57.3 Å². The number of nitrogens with one attached hydrogen (secondary N) is 3. The number of amides is 9. The topological polar surface area (TPSA) is 276 Å². The first-order valence-electron chi connectivity index (χ1n) is 33.1. The SMILES string of the molecule is CC[C@@H](O)[C@H]1CN(C)C(=O)c2c3c(nn2C1)C[C@@H](C)N(C(=O)Nc1ccc(F)c(C)c1)C3.CC[C@H](O)[C@H]1CN(C)C(=O)c2c3c(nn2C1)C[C@@H](C)N(C(=O)Nc1ccc(F)c(C)c1)C3.[C-]#[N+]c1cc(NC(=O)N2Cc3c(nn4c3C(=O)N(C)C[C@H]([C@H](O)CC)C4)C[C@H]2C)ccc1F. The summed E-state index contributed by atoms with van der Waals surface area (Å²) < 4.78 is 45.9. The van der Waals surface area contributed by atoms with E-state index in [1.165, 1.54) is 36.4 Å². The lowest BCUT2D eigenvalue weighted by atomic mass is 9.99. The number of hydrogen-bond donors (Lipinski definition) is 6. The summed E-state index contributed by atoms with van der Waals surface area (Å²) in [6.45, 7) is 25.3. The lowest BCUT2D eigenvalue weighted by Crippen LogP contribution is -2.45. The van der Waals surface area contributed by atoms with Gasteiger partial charge in [-0.15, -0.1) is 0 Å². The van der Waals surface area contributed by atoms with Crippen molar-refractivity contribution in [3.63, 3.8) is 0 Å². The van der Waals surface area contributed by atoms with Crippen LogP contribution in [0.4, 0.5) is 50.3 Å². The van der Waals surface area contributed by atoms with Crippen LogP contribution in [-0.4, -0.2) is 187 Å². The van der Waals surface area contributed by atoms with Gasteiger partial charge in [0.2, 0.25) is 5.69 Å². The molecule has 0 aliphatic carbocycles. The molecule has 3 aromatic carbocycles. The fourth-order valence-electron chi connectivity index (χ4n) is 13.8. The number of aliphatic hydroxyl groups excluding tert-OH is 3. The Morgan fingerprint density at radius 3 is 1.07 bits per heavy atom. The number of fused-ring (bicyclic) bond motifs is 9. The molecule has 9 atom stereocenters. The number of aliphatic hydroxyl groups is 3. The summed E-state index contributed by atoms with van der Waals surface area (Å²) in [4.78, 5) is 91.6. The van der Waals surface area contributed by atoms with Gasteiger partial charge in [-0.25, -0.2) is 32.4 Å². The number of urea groups is 3. The van der Waals surface area contributed by atoms with Gasteiger partial charge in [0.05, 0.1) is 61.6 Å². The van der Waals surface area contributed by atoms with Gasteiger partial charge in [-0.3, -0.25) is 28.4 Å². The van der Waals surface area contributed by atoms with Crippen LogP contribution in [-0.2, 0) is 58.5 Å². The van der Waals surface area contributed by atoms with E-state index in [4.69, 9.17) is 16.8 Å². The molecule has 518 valence electrons. The molecule has 0 bridgehead atoms. The lowest BCUT2D eigenvalue weighted by molar-refractivity contribution is 0.0618. The molecule has 9 heterocycles. The number of aromatic nitrogens is 6. The van der Waals surface area contributed by atoms with E-state index in [1.807, 2.05) is 41.5 Å². The van der Waals surface area contributed by atoms with Crippen LogP contribution in [0, 0.1) is 55.6 Å². The van der Waals surface area contributed by atoms with Crippen LogP contribution in [0.2, 0.25) is 0 Å². The maximum atomic E-state index is 13.6. The van der Waals surface area contributed by atoms with Crippen molar-refractivity contribution >= 4 is 58.6 Å². The molecular formula is C69H87F3N16O9. The summed E-state index contributed by atoms with van der Waals surface area (Å²) >= 11 is 0. The summed E-state index contributed by atoms with van der Waals surface area (Å²) in [6.07, 6.45) is 1.78. The molecule has 3 aromatic heterocycles. The lowest BCUT2D eigenvalue weighted by Gasteiger charge is -2.33. The normalized spacial score (nSPS) is 21.4. The van der Waals surface area contributed by atoms with Gasteiger partial charge in [0.25, 0.3) is 17.7 Å². The molecule has 6 aliphatic heterocycles. The van der Waals surface area contributed by atoms with E-state index in [-0.39, 0.29) is 103 Å². The van der Waals surface area contributed by atoms with Crippen LogP contribution in [0.3, 0.4) is 0 Å². The Balaban J connectivity index is 0.000000158. The van der Waals surface area contributed by atoms with Gasteiger partial charge in [-0.2, -0.15) is 15.3 Å². The molecule has 0 saturated heterocycles. The number of rotatable bonds is 9. The minimum atomic E-state index is -0.643. The van der Waals surface area contributed by atoms with Crippen LogP contribution in [0.5, 0.6) is 0 Å². The van der Waals surface area contributed by atoms with Crippen LogP contribution in [0.25, 0.3) is 4.85 Å². The molecule has 6 aliphatic rings. The monoisotopic (exact) mass is 1340 g/mol. The largest absolute Gasteiger partial charge is 0.393 e. The van der Waals surface area contributed by atoms with E-state index in [2.05, 4.69) is 25.9 Å². The van der Waals surface area contributed by atoms with Gasteiger partial charge in [0.1, 0.15) is 34.5 Å². The fourth-order valence-corrected chi connectivity index (χ4v) is 13.8. The van der Waals surface area contributed by atoms with E-state index in [0.717, 1.165) is 34.3 Å². The Hall–Kier alpha value is -9.33. The standard InChI is InChI=1S/C23H27FN6O3.2C23H30FN5O3/c1-5-20(31)14-10-28(4)22(32)21-16-12-29(13(2)8-18(16)27-30(21)11-14)23(33)26-15-6-7-17(24)19(9-15)25-3;2*1-5-20(30)15-10-27(4)22(31)21-17-12-28(14(3)9-19(17)26-29(21)11-15)23(32)25-16-6-7-18(24)13(2)8-16/h6-7,9,13-14,20,31H,5,8,10-12H2,1-2,4H3,(H,26,33);2*6-8,14-15,20,30H,5,9-12H2,1-4H3,(H,25,32)/t13-,14+,20-;14-,15+,20+;14-,15+,20-/m111/s1. The average molecular weight is 1340 g/mol. The van der Waals surface area contributed by atoms with E-state index in [0.29, 0.717) is 129 Å². The number of halogens is 3. The Kier molecular flexibility index (Phi) is 21.2. The summed E-state index contributed by atoms with van der Waals surface area (Å²) in [5.41, 5.74) is 8.23. The Morgan fingerprint density at radius 2 is 0.794 bits per heavy atom. The van der Waals surface area contributed by atoms with E-state index >= 15 is 0 Å². The zero-order valence-electron chi connectivity index (χ0n) is 56.7. The predicted octanol–water partition coefficient (Wildman–Crippen LogP) is 8.59. The fraction of sp³-hybridized carbons (Fsp3) is 0.507. The maximum absolute atomic E-state index is 13.6. The van der Waals surface area contributed by atoms with Crippen molar-refractivity contribution in [3.8, 4) is 0 Å². The van der Waals surface area contributed by atoms with Crippen LogP contribution >= 0.6 is 0 Å². The predicted molar refractivity (Wildman–Crippen MR) is 355 cm³/mol. The van der Waals surface area contributed by atoms with Crippen molar-refractivity contribution in [2.24, 2.45) is 17.8 Å².